The van der Waals surface area contributed by atoms with Crippen LogP contribution in [0.3, 0.4) is 0 Å². The van der Waals surface area contributed by atoms with E-state index in [0.29, 0.717) is 5.92 Å². The van der Waals surface area contributed by atoms with Crippen LogP contribution >= 0.6 is 0 Å². The summed E-state index contributed by atoms with van der Waals surface area (Å²) >= 11 is -1.18. The third kappa shape index (κ3) is 4.10. The number of hydrogen-bond acceptors (Lipinski definition) is 2. The van der Waals surface area contributed by atoms with Crippen LogP contribution in [0.2, 0.25) is 0 Å². The number of nitrogens with zero attached hydrogens (tertiary/aromatic N) is 1. The SMILES string of the molecule is CC(C)(C)[S+]([O-])N=C(c1ccccc1)C1CCCCC1. The highest BCUT2D eigenvalue weighted by atomic mass is 32.2. The third-order valence-electron chi connectivity index (χ3n) is 3.77. The van der Waals surface area contributed by atoms with Crippen LogP contribution in [0.1, 0.15) is 58.4 Å². The molecule has 1 aromatic rings. The van der Waals surface area contributed by atoms with Crippen LogP contribution < -0.4 is 0 Å². The summed E-state index contributed by atoms with van der Waals surface area (Å²) in [5.41, 5.74) is 2.19. The Kier molecular flexibility index (Phi) is 5.28. The Morgan fingerprint density at radius 3 is 2.25 bits per heavy atom. The average Bonchev–Trinajstić information content (AvgIpc) is 2.45. The summed E-state index contributed by atoms with van der Waals surface area (Å²) in [4.78, 5) is 0. The molecule has 1 saturated carbocycles. The van der Waals surface area contributed by atoms with Gasteiger partial charge in [-0.3, -0.25) is 0 Å². The molecular formula is C17H25NOS. The Morgan fingerprint density at radius 1 is 1.10 bits per heavy atom. The Morgan fingerprint density at radius 2 is 1.70 bits per heavy atom. The van der Waals surface area contributed by atoms with E-state index in [9.17, 15) is 4.55 Å². The van der Waals surface area contributed by atoms with E-state index < -0.39 is 11.4 Å². The topological polar surface area (TPSA) is 35.4 Å². The van der Waals surface area contributed by atoms with E-state index in [0.717, 1.165) is 11.3 Å². The monoisotopic (exact) mass is 291 g/mol. The van der Waals surface area contributed by atoms with Crippen molar-refractivity contribution in [1.82, 2.24) is 0 Å². The highest BCUT2D eigenvalue weighted by Gasteiger charge is 2.30. The Hall–Kier alpha value is -0.800. The van der Waals surface area contributed by atoms with Gasteiger partial charge in [-0.1, -0.05) is 54.0 Å². The Labute approximate surface area is 126 Å². The standard InChI is InChI=1S/C17H25NOS/c1-17(2,3)20(19)18-16(14-10-6-4-7-11-14)15-12-8-5-9-13-15/h4,6-7,10-11,15H,5,8-9,12-13H2,1-3H3. The molecule has 0 spiro atoms. The summed E-state index contributed by atoms with van der Waals surface area (Å²) in [7, 11) is 0. The van der Waals surface area contributed by atoms with Gasteiger partial charge in [0, 0.05) is 11.5 Å². The van der Waals surface area contributed by atoms with Gasteiger partial charge in [-0.2, -0.15) is 0 Å². The van der Waals surface area contributed by atoms with Crippen molar-refractivity contribution in [3.05, 3.63) is 35.9 Å². The van der Waals surface area contributed by atoms with Gasteiger partial charge in [0.05, 0.1) is 0 Å². The van der Waals surface area contributed by atoms with Crippen LogP contribution in [0.5, 0.6) is 0 Å². The van der Waals surface area contributed by atoms with Gasteiger partial charge in [0.1, 0.15) is 21.8 Å². The molecule has 3 heteroatoms. The van der Waals surface area contributed by atoms with Crippen LogP contribution in [-0.2, 0) is 11.4 Å². The highest BCUT2D eigenvalue weighted by Crippen LogP contribution is 2.29. The summed E-state index contributed by atoms with van der Waals surface area (Å²) in [5, 5.41) is 0. The van der Waals surface area contributed by atoms with Crippen LogP contribution in [0.4, 0.5) is 0 Å². The molecule has 1 aliphatic carbocycles. The summed E-state index contributed by atoms with van der Waals surface area (Å²) in [5.74, 6) is 0.470. The van der Waals surface area contributed by atoms with Crippen molar-refractivity contribution in [3.63, 3.8) is 0 Å². The van der Waals surface area contributed by atoms with Crippen molar-refractivity contribution in [1.29, 1.82) is 0 Å². The number of hydrogen-bond donors (Lipinski definition) is 0. The number of rotatable bonds is 3. The molecule has 20 heavy (non-hydrogen) atoms. The molecule has 0 amide bonds. The second-order valence-electron chi connectivity index (χ2n) is 6.54. The minimum absolute atomic E-state index is 0.297. The Balaban J connectivity index is 2.31. The van der Waals surface area contributed by atoms with Gasteiger partial charge in [0.25, 0.3) is 0 Å². The van der Waals surface area contributed by atoms with E-state index in [1.165, 1.54) is 32.1 Å². The predicted molar refractivity (Wildman–Crippen MR) is 87.4 cm³/mol. The van der Waals surface area contributed by atoms with Crippen molar-refractivity contribution >= 4 is 17.1 Å². The largest absolute Gasteiger partial charge is 0.591 e. The lowest BCUT2D eigenvalue weighted by Gasteiger charge is -2.25. The predicted octanol–water partition coefficient (Wildman–Crippen LogP) is 4.52. The molecule has 110 valence electrons. The van der Waals surface area contributed by atoms with Crippen LogP contribution in [0.15, 0.2) is 34.7 Å². The van der Waals surface area contributed by atoms with Crippen molar-refractivity contribution in [2.45, 2.75) is 57.6 Å². The fourth-order valence-corrected chi connectivity index (χ4v) is 3.28. The second kappa shape index (κ2) is 6.77. The molecule has 2 rings (SSSR count). The molecule has 0 heterocycles. The maximum atomic E-state index is 12.4. The first-order valence-corrected chi connectivity index (χ1v) is 8.65. The van der Waals surface area contributed by atoms with E-state index >= 15 is 0 Å². The molecule has 1 aliphatic rings. The van der Waals surface area contributed by atoms with Crippen LogP contribution in [-0.4, -0.2) is 15.0 Å². The lowest BCUT2D eigenvalue weighted by molar-refractivity contribution is 0.440. The molecular weight excluding hydrogens is 266 g/mol. The van der Waals surface area contributed by atoms with Crippen molar-refractivity contribution in [2.75, 3.05) is 0 Å². The van der Waals surface area contributed by atoms with Gasteiger partial charge in [0.2, 0.25) is 0 Å². The van der Waals surface area contributed by atoms with Gasteiger partial charge >= 0.3 is 0 Å². The zero-order chi connectivity index (χ0) is 14.6. The normalized spacial score (nSPS) is 19.9. The maximum Gasteiger partial charge on any atom is 0.144 e. The van der Waals surface area contributed by atoms with Gasteiger partial charge in [-0.05, 0) is 33.6 Å². The van der Waals surface area contributed by atoms with Gasteiger partial charge < -0.3 is 4.55 Å². The Bertz CT molecular complexity index is 444. The summed E-state index contributed by atoms with van der Waals surface area (Å²) in [6.45, 7) is 5.95. The second-order valence-corrected chi connectivity index (χ2v) is 8.44. The molecule has 0 aliphatic heterocycles. The minimum atomic E-state index is -1.18. The molecule has 1 fully saturated rings. The van der Waals surface area contributed by atoms with Gasteiger partial charge in [0.15, 0.2) is 0 Å². The summed E-state index contributed by atoms with van der Waals surface area (Å²) in [6.07, 6.45) is 6.20. The molecule has 0 saturated heterocycles. The zero-order valence-electron chi connectivity index (χ0n) is 12.8. The lowest BCUT2D eigenvalue weighted by Crippen LogP contribution is -2.29. The molecule has 0 bridgehead atoms. The fourth-order valence-electron chi connectivity index (χ4n) is 2.57. The molecule has 1 atom stereocenters. The third-order valence-corrected chi connectivity index (χ3v) is 5.18. The van der Waals surface area contributed by atoms with Crippen LogP contribution in [0.25, 0.3) is 0 Å². The summed E-state index contributed by atoms with van der Waals surface area (Å²) in [6, 6.07) is 10.3. The first-order chi connectivity index (χ1) is 9.48. The van der Waals surface area contributed by atoms with Gasteiger partial charge in [-0.15, -0.1) is 0 Å². The van der Waals surface area contributed by atoms with E-state index in [1.54, 1.807) is 0 Å². The van der Waals surface area contributed by atoms with E-state index in [1.807, 2.05) is 39.0 Å². The van der Waals surface area contributed by atoms with Crippen molar-refractivity contribution in [3.8, 4) is 0 Å². The number of benzene rings is 1. The molecule has 1 aromatic carbocycles. The van der Waals surface area contributed by atoms with E-state index in [-0.39, 0.29) is 4.75 Å². The molecule has 0 radical (unpaired) electrons. The first kappa shape index (κ1) is 15.6. The minimum Gasteiger partial charge on any atom is -0.591 e. The quantitative estimate of drug-likeness (QED) is 0.596. The van der Waals surface area contributed by atoms with Crippen molar-refractivity contribution < 1.29 is 4.55 Å². The zero-order valence-corrected chi connectivity index (χ0v) is 13.6. The summed E-state index contributed by atoms with van der Waals surface area (Å²) < 4.78 is 16.7. The fraction of sp³-hybridized carbons (Fsp3) is 0.588. The molecule has 2 nitrogen and oxygen atoms in total. The smallest absolute Gasteiger partial charge is 0.144 e. The van der Waals surface area contributed by atoms with Gasteiger partial charge in [-0.25, -0.2) is 0 Å². The van der Waals surface area contributed by atoms with Crippen LogP contribution in [0, 0.1) is 5.92 Å². The van der Waals surface area contributed by atoms with Crippen molar-refractivity contribution in [2.24, 2.45) is 10.3 Å². The molecule has 0 aromatic heterocycles. The lowest BCUT2D eigenvalue weighted by atomic mass is 9.83. The van der Waals surface area contributed by atoms with E-state index in [4.69, 9.17) is 0 Å². The highest BCUT2D eigenvalue weighted by molar-refractivity contribution is 7.91. The average molecular weight is 291 g/mol. The first-order valence-electron chi connectivity index (χ1n) is 7.54. The van der Waals surface area contributed by atoms with E-state index in [2.05, 4.69) is 16.5 Å². The molecule has 1 unspecified atom stereocenters. The molecule has 0 N–H and O–H groups in total. The maximum absolute atomic E-state index is 12.4.